The molecular formula is C23H23Cl3N3O7+. The van der Waals surface area contributed by atoms with E-state index in [1.165, 1.54) is 5.01 Å². The van der Waals surface area contributed by atoms with Crippen LogP contribution in [0.3, 0.4) is 0 Å². The molecule has 1 fully saturated rings. The lowest BCUT2D eigenvalue weighted by Gasteiger charge is -2.45. The smallest absolute Gasteiger partial charge is 0.438 e. The largest absolute Gasteiger partial charge is 0.476 e. The number of ketones is 1. The Morgan fingerprint density at radius 2 is 1.64 bits per heavy atom. The van der Waals surface area contributed by atoms with Gasteiger partial charge in [0.1, 0.15) is 12.6 Å². The summed E-state index contributed by atoms with van der Waals surface area (Å²) in [5.74, 6) is -2.29. The monoisotopic (exact) mass is 558 g/mol. The maximum atomic E-state index is 13.1. The van der Waals surface area contributed by atoms with Crippen LogP contribution in [0, 0.1) is 0 Å². The highest BCUT2D eigenvalue weighted by Gasteiger charge is 2.59. The molecule has 1 unspecified atom stereocenters. The van der Waals surface area contributed by atoms with Gasteiger partial charge < -0.3 is 9.84 Å². The Bertz CT molecular complexity index is 1120. The van der Waals surface area contributed by atoms with Crippen LogP contribution in [0.4, 0.5) is 4.79 Å². The van der Waals surface area contributed by atoms with E-state index in [2.05, 4.69) is 0 Å². The molecule has 3 atom stereocenters. The zero-order chi connectivity index (χ0) is 26.1. The number of piperidine rings is 1. The van der Waals surface area contributed by atoms with Gasteiger partial charge in [-0.15, -0.1) is 5.01 Å². The molecule has 0 bridgehead atoms. The van der Waals surface area contributed by atoms with Crippen molar-refractivity contribution < 1.29 is 39.0 Å². The summed E-state index contributed by atoms with van der Waals surface area (Å²) in [4.78, 5) is 43.8. The second kappa shape index (κ2) is 10.5. The molecule has 2 aliphatic heterocycles. The fourth-order valence-corrected chi connectivity index (χ4v) is 4.73. The van der Waals surface area contributed by atoms with Crippen LogP contribution in [0.5, 0.6) is 0 Å². The molecule has 0 radical (unpaired) electrons. The molecule has 13 heteroatoms. The first-order chi connectivity index (χ1) is 17.0. The minimum atomic E-state index is -2.42. The highest BCUT2D eigenvalue weighted by molar-refractivity contribution is 6.66. The van der Waals surface area contributed by atoms with E-state index in [1.807, 2.05) is 24.3 Å². The lowest BCUT2D eigenvalue weighted by molar-refractivity contribution is -1.20. The summed E-state index contributed by atoms with van der Waals surface area (Å²) in [6, 6.07) is 13.3. The fraction of sp³-hybridized carbons (Fsp3) is 0.348. The first-order valence-corrected chi connectivity index (χ1v) is 12.1. The lowest BCUT2D eigenvalue weighted by Crippen LogP contribution is -2.73. The number of nitrogens with zero attached hydrogens (tertiary/aromatic N) is 3. The van der Waals surface area contributed by atoms with Crippen LogP contribution >= 0.6 is 34.8 Å². The third-order valence-corrected chi connectivity index (χ3v) is 6.34. The Morgan fingerprint density at radius 1 is 1.06 bits per heavy atom. The number of Topliss-reactive ketones (excluding diaryl/α,β-unsaturated/α-hetero) is 1. The number of hydrogen-bond acceptors (Lipinski definition) is 7. The van der Waals surface area contributed by atoms with Crippen molar-refractivity contribution in [2.45, 2.75) is 42.2 Å². The van der Waals surface area contributed by atoms with Gasteiger partial charge in [-0.3, -0.25) is 9.63 Å². The van der Waals surface area contributed by atoms with Crippen LogP contribution in [-0.4, -0.2) is 65.6 Å². The summed E-state index contributed by atoms with van der Waals surface area (Å²) in [5, 5.41) is 23.7. The van der Waals surface area contributed by atoms with E-state index in [4.69, 9.17) is 44.4 Å². The summed E-state index contributed by atoms with van der Waals surface area (Å²) in [5.41, 5.74) is 2.46. The highest BCUT2D eigenvalue weighted by atomic mass is 35.6. The molecule has 2 aromatic carbocycles. The number of fused-ring (bicyclic) bond motifs is 1. The van der Waals surface area contributed by atoms with Crippen molar-refractivity contribution in [2.75, 3.05) is 6.54 Å². The number of hydrogen-bond donors (Lipinski definition) is 2. The molecule has 1 saturated heterocycles. The first kappa shape index (κ1) is 26.6. The van der Waals surface area contributed by atoms with Crippen LogP contribution < -0.4 is 0 Å². The van der Waals surface area contributed by atoms with Crippen LogP contribution in [0.1, 0.15) is 23.1 Å². The van der Waals surface area contributed by atoms with Gasteiger partial charge in [-0.05, 0) is 51.5 Å². The van der Waals surface area contributed by atoms with Gasteiger partial charge in [0.25, 0.3) is 6.04 Å². The zero-order valence-corrected chi connectivity index (χ0v) is 21.1. The van der Waals surface area contributed by atoms with E-state index in [-0.39, 0.29) is 26.2 Å². The SMILES string of the molecule is O=C(O)[C@@H]1C(=O)C[C@@H](N(OCc2ccccc2)C(=O)OC(Cl)(Cl)Cl)C[N+]1(O)N1Cc2ccccc2C1. The number of ether oxygens (including phenoxy) is 1. The molecule has 2 aromatic rings. The third kappa shape index (κ3) is 5.76. The van der Waals surface area contributed by atoms with E-state index in [9.17, 15) is 24.7 Å². The van der Waals surface area contributed by atoms with Gasteiger partial charge in [0.2, 0.25) is 5.78 Å². The molecular weight excluding hydrogens is 537 g/mol. The number of rotatable bonds is 6. The summed E-state index contributed by atoms with van der Waals surface area (Å²) < 4.78 is 1.14. The van der Waals surface area contributed by atoms with E-state index >= 15 is 0 Å². The van der Waals surface area contributed by atoms with Crippen molar-refractivity contribution in [1.82, 2.24) is 10.1 Å². The molecule has 0 aliphatic carbocycles. The molecule has 192 valence electrons. The number of benzene rings is 2. The van der Waals surface area contributed by atoms with Gasteiger partial charge in [0.05, 0.1) is 13.1 Å². The third-order valence-electron chi connectivity index (χ3n) is 6.11. The van der Waals surface area contributed by atoms with Gasteiger partial charge >= 0.3 is 16.0 Å². The van der Waals surface area contributed by atoms with Crippen molar-refractivity contribution in [3.8, 4) is 0 Å². The van der Waals surface area contributed by atoms with E-state index in [0.717, 1.165) is 16.2 Å². The molecule has 4 rings (SSSR count). The van der Waals surface area contributed by atoms with Crippen LogP contribution in [0.25, 0.3) is 0 Å². The molecule has 2 N–H and O–H groups in total. The number of hydroxylamine groups is 4. The average molecular weight is 560 g/mol. The van der Waals surface area contributed by atoms with Crippen molar-refractivity contribution in [3.63, 3.8) is 0 Å². The number of carboxylic acids is 1. The van der Waals surface area contributed by atoms with E-state index in [0.29, 0.717) is 5.56 Å². The summed E-state index contributed by atoms with van der Waals surface area (Å²) in [6.07, 6.45) is -1.64. The Labute approximate surface area is 221 Å². The number of quaternary nitrogens is 1. The molecule has 1 amide bonds. The van der Waals surface area contributed by atoms with Gasteiger partial charge in [0, 0.05) is 6.42 Å². The van der Waals surface area contributed by atoms with Gasteiger partial charge in [-0.2, -0.15) is 10.3 Å². The quantitative estimate of drug-likeness (QED) is 0.238. The maximum absolute atomic E-state index is 13.1. The molecule has 0 saturated carbocycles. The summed E-state index contributed by atoms with van der Waals surface area (Å²) in [6.45, 7) is -0.107. The predicted molar refractivity (Wildman–Crippen MR) is 127 cm³/mol. The standard InChI is InChI=1S/C23H22Cl3N3O7/c24-23(25,26)36-22(33)28(35-14-15-6-2-1-3-7-15)18-10-19(30)20(21(31)32)29(34,13-18)27-11-16-8-4-5-9-17(16)12-27/h1-9,18,20,34H,10-14H2/p+1/t18-,20+,29?/m1/s1. The Balaban J connectivity index is 1.64. The molecule has 36 heavy (non-hydrogen) atoms. The number of carboxylic acid groups (broad SMARTS) is 1. The normalized spacial score (nSPS) is 24.3. The highest BCUT2D eigenvalue weighted by Crippen LogP contribution is 2.35. The Kier molecular flexibility index (Phi) is 7.77. The fourth-order valence-electron chi connectivity index (χ4n) is 4.53. The summed E-state index contributed by atoms with van der Waals surface area (Å²) in [7, 11) is 0. The number of alkyl halides is 3. The lowest BCUT2D eigenvalue weighted by atomic mass is 9.97. The number of halogens is 3. The summed E-state index contributed by atoms with van der Waals surface area (Å²) >= 11 is 16.9. The van der Waals surface area contributed by atoms with Crippen LogP contribution in [0.2, 0.25) is 0 Å². The second-order valence-corrected chi connectivity index (χ2v) is 10.7. The van der Waals surface area contributed by atoms with E-state index < -0.39 is 45.1 Å². The van der Waals surface area contributed by atoms with Crippen molar-refractivity contribution >= 4 is 52.6 Å². The number of aliphatic carboxylic acids is 1. The van der Waals surface area contributed by atoms with Crippen LogP contribution in [-0.2, 0) is 38.9 Å². The van der Waals surface area contributed by atoms with Gasteiger partial charge in [-0.1, -0.05) is 59.4 Å². The van der Waals surface area contributed by atoms with E-state index in [1.54, 1.807) is 30.3 Å². The molecule has 10 nitrogen and oxygen atoms in total. The average Bonchev–Trinajstić information content (AvgIpc) is 3.23. The molecule has 2 aliphatic rings. The zero-order valence-electron chi connectivity index (χ0n) is 18.8. The molecule has 2 heterocycles. The number of amides is 1. The topological polar surface area (TPSA) is 117 Å². The Hall–Kier alpha value is -2.44. The molecule has 0 spiro atoms. The minimum absolute atomic E-state index is 0.108. The van der Waals surface area contributed by atoms with Crippen LogP contribution in [0.15, 0.2) is 54.6 Å². The van der Waals surface area contributed by atoms with Crippen molar-refractivity contribution in [2.24, 2.45) is 0 Å². The van der Waals surface area contributed by atoms with Crippen molar-refractivity contribution in [3.05, 3.63) is 71.3 Å². The number of carbonyl (C=O) groups is 3. The first-order valence-electron chi connectivity index (χ1n) is 10.9. The van der Waals surface area contributed by atoms with Crippen molar-refractivity contribution in [1.29, 1.82) is 0 Å². The maximum Gasteiger partial charge on any atom is 0.438 e. The minimum Gasteiger partial charge on any atom is -0.476 e. The number of carbonyl (C=O) groups excluding carboxylic acids is 2. The van der Waals surface area contributed by atoms with Gasteiger partial charge in [-0.25, -0.2) is 9.59 Å². The predicted octanol–water partition coefficient (Wildman–Crippen LogP) is 3.82. The second-order valence-electron chi connectivity index (χ2n) is 8.52. The molecule has 0 aromatic heterocycles. The Morgan fingerprint density at radius 3 is 2.19 bits per heavy atom. The van der Waals surface area contributed by atoms with Gasteiger partial charge in [0.15, 0.2) is 6.54 Å².